The SMILES string of the molecule is NCc1cc(-c2cccc(OC(F)(F)F)c2)cs1. The fraction of sp³-hybridized carbons (Fsp3) is 0.167. The van der Waals surface area contributed by atoms with Gasteiger partial charge in [0, 0.05) is 11.4 Å². The number of halogens is 3. The van der Waals surface area contributed by atoms with Gasteiger partial charge in [0.15, 0.2) is 0 Å². The Bertz CT molecular complexity index is 536. The molecule has 2 rings (SSSR count). The molecule has 0 aliphatic carbocycles. The normalized spacial score (nSPS) is 11.6. The number of nitrogens with two attached hydrogens (primary N) is 1. The van der Waals surface area contributed by atoms with Crippen molar-refractivity contribution in [3.8, 4) is 16.9 Å². The summed E-state index contributed by atoms with van der Waals surface area (Å²) < 4.78 is 40.2. The summed E-state index contributed by atoms with van der Waals surface area (Å²) in [6.45, 7) is 0.420. The Labute approximate surface area is 106 Å². The topological polar surface area (TPSA) is 35.2 Å². The van der Waals surface area contributed by atoms with Gasteiger partial charge in [-0.15, -0.1) is 24.5 Å². The van der Waals surface area contributed by atoms with Crippen molar-refractivity contribution in [1.82, 2.24) is 0 Å². The summed E-state index contributed by atoms with van der Waals surface area (Å²) >= 11 is 1.48. The van der Waals surface area contributed by atoms with Crippen LogP contribution in [0.25, 0.3) is 11.1 Å². The molecule has 1 heterocycles. The molecule has 1 aromatic carbocycles. The Morgan fingerprint density at radius 1 is 1.17 bits per heavy atom. The van der Waals surface area contributed by atoms with Crippen molar-refractivity contribution in [3.05, 3.63) is 40.6 Å². The van der Waals surface area contributed by atoms with Crippen molar-refractivity contribution in [3.63, 3.8) is 0 Å². The van der Waals surface area contributed by atoms with Crippen LogP contribution in [-0.4, -0.2) is 6.36 Å². The molecule has 0 bridgehead atoms. The lowest BCUT2D eigenvalue weighted by Gasteiger charge is -2.09. The molecule has 2 N–H and O–H groups in total. The summed E-state index contributed by atoms with van der Waals surface area (Å²) in [4.78, 5) is 0.979. The van der Waals surface area contributed by atoms with Crippen LogP contribution in [0.5, 0.6) is 5.75 Å². The molecule has 2 nitrogen and oxygen atoms in total. The summed E-state index contributed by atoms with van der Waals surface area (Å²) in [5.41, 5.74) is 7.01. The Morgan fingerprint density at radius 3 is 2.56 bits per heavy atom. The molecule has 96 valence electrons. The van der Waals surface area contributed by atoms with E-state index in [0.29, 0.717) is 12.1 Å². The second-order valence-electron chi connectivity index (χ2n) is 3.58. The molecular weight excluding hydrogens is 263 g/mol. The van der Waals surface area contributed by atoms with E-state index >= 15 is 0 Å². The molecule has 0 unspecified atom stereocenters. The second kappa shape index (κ2) is 4.99. The number of rotatable bonds is 3. The summed E-state index contributed by atoms with van der Waals surface area (Å²) in [6, 6.07) is 7.74. The third kappa shape index (κ3) is 3.24. The highest BCUT2D eigenvalue weighted by Crippen LogP contribution is 2.30. The Balaban J connectivity index is 2.26. The highest BCUT2D eigenvalue weighted by Gasteiger charge is 2.31. The number of hydrogen-bond donors (Lipinski definition) is 1. The molecule has 0 spiro atoms. The van der Waals surface area contributed by atoms with E-state index in [4.69, 9.17) is 5.73 Å². The minimum absolute atomic E-state index is 0.222. The van der Waals surface area contributed by atoms with E-state index in [9.17, 15) is 13.2 Å². The molecule has 0 aliphatic rings. The molecule has 1 aromatic heterocycles. The van der Waals surface area contributed by atoms with Crippen molar-refractivity contribution in [1.29, 1.82) is 0 Å². The molecule has 6 heteroatoms. The Morgan fingerprint density at radius 2 is 1.94 bits per heavy atom. The molecule has 0 fully saturated rings. The summed E-state index contributed by atoms with van der Waals surface area (Å²) in [6.07, 6.45) is -4.67. The van der Waals surface area contributed by atoms with Crippen LogP contribution >= 0.6 is 11.3 Å². The quantitative estimate of drug-likeness (QED) is 0.923. The van der Waals surface area contributed by atoms with Gasteiger partial charge in [-0.25, -0.2) is 0 Å². The van der Waals surface area contributed by atoms with Crippen LogP contribution < -0.4 is 10.5 Å². The van der Waals surface area contributed by atoms with Crippen molar-refractivity contribution in [2.75, 3.05) is 0 Å². The first-order valence-electron chi connectivity index (χ1n) is 5.11. The molecule has 0 amide bonds. The van der Waals surface area contributed by atoms with Gasteiger partial charge in [-0.3, -0.25) is 0 Å². The summed E-state index contributed by atoms with van der Waals surface area (Å²) in [7, 11) is 0. The minimum Gasteiger partial charge on any atom is -0.406 e. The molecule has 0 radical (unpaired) electrons. The van der Waals surface area contributed by atoms with Gasteiger partial charge < -0.3 is 10.5 Å². The first-order valence-corrected chi connectivity index (χ1v) is 5.99. The average Bonchev–Trinajstić information content (AvgIpc) is 2.75. The maximum atomic E-state index is 12.1. The number of hydrogen-bond acceptors (Lipinski definition) is 3. The third-order valence-corrected chi connectivity index (χ3v) is 3.21. The van der Waals surface area contributed by atoms with Gasteiger partial charge in [0.1, 0.15) is 5.75 Å². The largest absolute Gasteiger partial charge is 0.573 e. The zero-order valence-corrected chi connectivity index (χ0v) is 10.0. The van der Waals surface area contributed by atoms with Crippen LogP contribution in [-0.2, 0) is 6.54 Å². The van der Waals surface area contributed by atoms with Crippen molar-refractivity contribution < 1.29 is 17.9 Å². The van der Waals surface area contributed by atoms with Gasteiger partial charge in [-0.1, -0.05) is 12.1 Å². The predicted molar refractivity (Wildman–Crippen MR) is 64.3 cm³/mol. The number of thiophene rings is 1. The number of alkyl halides is 3. The van der Waals surface area contributed by atoms with Gasteiger partial charge >= 0.3 is 6.36 Å². The van der Waals surface area contributed by atoms with E-state index < -0.39 is 6.36 Å². The van der Waals surface area contributed by atoms with Crippen molar-refractivity contribution >= 4 is 11.3 Å². The van der Waals surface area contributed by atoms with Gasteiger partial charge in [0.05, 0.1) is 0 Å². The standard InChI is InChI=1S/C12H10F3NOS/c13-12(14,15)17-10-3-1-2-8(4-10)9-5-11(6-16)18-7-9/h1-5,7H,6,16H2. The zero-order chi connectivity index (χ0) is 13.2. The summed E-state index contributed by atoms with van der Waals surface area (Å²) in [5.74, 6) is -0.222. The Kier molecular flexibility index (Phi) is 3.58. The highest BCUT2D eigenvalue weighted by atomic mass is 32.1. The average molecular weight is 273 g/mol. The molecule has 0 aliphatic heterocycles. The van der Waals surface area contributed by atoms with Crippen LogP contribution in [0.3, 0.4) is 0 Å². The van der Waals surface area contributed by atoms with E-state index in [-0.39, 0.29) is 5.75 Å². The smallest absolute Gasteiger partial charge is 0.406 e. The van der Waals surface area contributed by atoms with Crippen LogP contribution in [0, 0.1) is 0 Å². The monoisotopic (exact) mass is 273 g/mol. The number of ether oxygens (including phenoxy) is 1. The Hall–Kier alpha value is -1.53. The minimum atomic E-state index is -4.67. The van der Waals surface area contributed by atoms with Gasteiger partial charge in [0.25, 0.3) is 0 Å². The number of benzene rings is 1. The molecule has 0 saturated heterocycles. The summed E-state index contributed by atoms with van der Waals surface area (Å²) in [5, 5.41) is 1.86. The first kappa shape index (κ1) is 12.9. The van der Waals surface area contributed by atoms with E-state index in [0.717, 1.165) is 10.4 Å². The van der Waals surface area contributed by atoms with Gasteiger partial charge in [-0.2, -0.15) is 0 Å². The maximum Gasteiger partial charge on any atom is 0.573 e. The molecule has 0 atom stereocenters. The van der Waals surface area contributed by atoms with Crippen molar-refractivity contribution in [2.24, 2.45) is 5.73 Å². The first-order chi connectivity index (χ1) is 8.48. The molecule has 0 saturated carbocycles. The van der Waals surface area contributed by atoms with Crippen LogP contribution in [0.2, 0.25) is 0 Å². The lowest BCUT2D eigenvalue weighted by molar-refractivity contribution is -0.274. The fourth-order valence-corrected chi connectivity index (χ4v) is 2.29. The van der Waals surface area contributed by atoms with Crippen LogP contribution in [0.4, 0.5) is 13.2 Å². The van der Waals surface area contributed by atoms with Crippen molar-refractivity contribution in [2.45, 2.75) is 12.9 Å². The van der Waals surface area contributed by atoms with E-state index in [1.165, 1.54) is 29.5 Å². The third-order valence-electron chi connectivity index (χ3n) is 2.26. The fourth-order valence-electron chi connectivity index (χ4n) is 1.51. The van der Waals surface area contributed by atoms with E-state index in [2.05, 4.69) is 4.74 Å². The highest BCUT2D eigenvalue weighted by molar-refractivity contribution is 7.10. The molecular formula is C12H10F3NOS. The second-order valence-corrected chi connectivity index (χ2v) is 4.58. The molecule has 18 heavy (non-hydrogen) atoms. The molecule has 2 aromatic rings. The zero-order valence-electron chi connectivity index (χ0n) is 9.20. The lowest BCUT2D eigenvalue weighted by atomic mass is 10.1. The maximum absolute atomic E-state index is 12.1. The van der Waals surface area contributed by atoms with Crippen LogP contribution in [0.1, 0.15) is 4.88 Å². The van der Waals surface area contributed by atoms with E-state index in [1.807, 2.05) is 11.4 Å². The van der Waals surface area contributed by atoms with E-state index in [1.54, 1.807) is 6.07 Å². The van der Waals surface area contributed by atoms with Gasteiger partial charge in [-0.05, 0) is 34.7 Å². The van der Waals surface area contributed by atoms with Gasteiger partial charge in [0.2, 0.25) is 0 Å². The predicted octanol–water partition coefficient (Wildman–Crippen LogP) is 3.77. The lowest BCUT2D eigenvalue weighted by Crippen LogP contribution is -2.17. The van der Waals surface area contributed by atoms with Crippen LogP contribution in [0.15, 0.2) is 35.7 Å².